The van der Waals surface area contributed by atoms with Gasteiger partial charge < -0.3 is 14.4 Å². The van der Waals surface area contributed by atoms with E-state index in [1.165, 1.54) is 0 Å². The molecular formula is C16H22N2O3. The van der Waals surface area contributed by atoms with Crippen LogP contribution in [0.3, 0.4) is 0 Å². The van der Waals surface area contributed by atoms with Crippen LogP contribution in [-0.4, -0.2) is 43.2 Å². The number of benzene rings is 1. The predicted octanol–water partition coefficient (Wildman–Crippen LogP) is 1.69. The molecule has 1 N–H and O–H groups in total. The van der Waals surface area contributed by atoms with E-state index in [4.69, 9.17) is 9.47 Å². The minimum atomic E-state index is -0.327. The highest BCUT2D eigenvalue weighted by atomic mass is 16.5. The number of hydrogen-bond donors (Lipinski definition) is 1. The molecular weight excluding hydrogens is 268 g/mol. The summed E-state index contributed by atoms with van der Waals surface area (Å²) >= 11 is 0. The quantitative estimate of drug-likeness (QED) is 0.896. The summed E-state index contributed by atoms with van der Waals surface area (Å²) in [4.78, 5) is 14.6. The third kappa shape index (κ3) is 2.40. The lowest BCUT2D eigenvalue weighted by Gasteiger charge is -2.30. The third-order valence-electron chi connectivity index (χ3n) is 4.40. The molecule has 2 unspecified atom stereocenters. The molecule has 21 heavy (non-hydrogen) atoms. The van der Waals surface area contributed by atoms with Crippen molar-refractivity contribution in [2.75, 3.05) is 20.8 Å². The van der Waals surface area contributed by atoms with Crippen molar-refractivity contribution in [1.82, 2.24) is 10.2 Å². The summed E-state index contributed by atoms with van der Waals surface area (Å²) < 4.78 is 10.4. The van der Waals surface area contributed by atoms with Gasteiger partial charge >= 0.3 is 0 Å². The van der Waals surface area contributed by atoms with Gasteiger partial charge in [-0.05, 0) is 37.5 Å². The molecule has 2 atom stereocenters. The van der Waals surface area contributed by atoms with Crippen LogP contribution in [0.2, 0.25) is 0 Å². The van der Waals surface area contributed by atoms with Crippen LogP contribution in [-0.2, 0) is 9.53 Å². The van der Waals surface area contributed by atoms with Gasteiger partial charge in [0.15, 0.2) is 0 Å². The summed E-state index contributed by atoms with van der Waals surface area (Å²) in [5.41, 5.74) is 0.753. The second-order valence-corrected chi connectivity index (χ2v) is 5.92. The number of nitrogens with one attached hydrogen (secondary N) is 1. The Morgan fingerprint density at radius 1 is 1.33 bits per heavy atom. The van der Waals surface area contributed by atoms with Crippen molar-refractivity contribution < 1.29 is 14.3 Å². The summed E-state index contributed by atoms with van der Waals surface area (Å²) in [5.74, 6) is 1.02. The Kier molecular flexibility index (Phi) is 3.63. The lowest BCUT2D eigenvalue weighted by molar-refractivity contribution is -0.133. The molecule has 1 heterocycles. The summed E-state index contributed by atoms with van der Waals surface area (Å²) in [5, 5.41) is 3.51. The summed E-state index contributed by atoms with van der Waals surface area (Å²) in [7, 11) is 3.32. The van der Waals surface area contributed by atoms with Gasteiger partial charge in [0, 0.05) is 7.11 Å². The lowest BCUT2D eigenvalue weighted by Crippen LogP contribution is -2.41. The van der Waals surface area contributed by atoms with Crippen LogP contribution in [0.1, 0.15) is 31.5 Å². The Bertz CT molecular complexity index is 525. The fourth-order valence-corrected chi connectivity index (χ4v) is 3.05. The Labute approximate surface area is 125 Å². The van der Waals surface area contributed by atoms with E-state index in [0.717, 1.165) is 24.2 Å². The number of rotatable bonds is 5. The molecule has 2 aliphatic rings. The van der Waals surface area contributed by atoms with E-state index in [2.05, 4.69) is 5.32 Å². The lowest BCUT2D eigenvalue weighted by atomic mass is 10.1. The number of ether oxygens (including phenoxy) is 2. The first-order valence-corrected chi connectivity index (χ1v) is 7.34. The first-order chi connectivity index (χ1) is 10.1. The van der Waals surface area contributed by atoms with Crippen LogP contribution < -0.4 is 10.1 Å². The van der Waals surface area contributed by atoms with Gasteiger partial charge in [-0.25, -0.2) is 0 Å². The van der Waals surface area contributed by atoms with Crippen molar-refractivity contribution in [2.24, 2.45) is 0 Å². The molecule has 1 saturated heterocycles. The summed E-state index contributed by atoms with van der Waals surface area (Å²) in [6.45, 7) is 2.57. The van der Waals surface area contributed by atoms with E-state index in [0.29, 0.717) is 6.61 Å². The van der Waals surface area contributed by atoms with Crippen LogP contribution in [0.4, 0.5) is 0 Å². The third-order valence-corrected chi connectivity index (χ3v) is 4.40. The van der Waals surface area contributed by atoms with Crippen LogP contribution in [0.5, 0.6) is 5.75 Å². The number of carbonyl (C=O) groups excluding carboxylic acids is 1. The predicted molar refractivity (Wildman–Crippen MR) is 79.0 cm³/mol. The van der Waals surface area contributed by atoms with Crippen molar-refractivity contribution in [2.45, 2.75) is 37.5 Å². The van der Waals surface area contributed by atoms with Crippen molar-refractivity contribution >= 4 is 5.91 Å². The standard InChI is InChI=1S/C16H22N2O3/c1-11(10-20-2)18-14(17-16(8-9-16)15(18)19)12-4-6-13(21-3)7-5-12/h4-7,11,14,17H,8-10H2,1-3H3. The first-order valence-electron chi connectivity index (χ1n) is 7.34. The maximum atomic E-state index is 12.7. The highest BCUT2D eigenvalue weighted by Crippen LogP contribution is 2.46. The minimum absolute atomic E-state index is 0.0436. The zero-order chi connectivity index (χ0) is 15.0. The molecule has 0 aromatic heterocycles. The molecule has 1 spiro atoms. The average Bonchev–Trinajstić information content (AvgIpc) is 3.21. The molecule has 3 rings (SSSR count). The maximum Gasteiger partial charge on any atom is 0.244 e. The Morgan fingerprint density at radius 2 is 2.00 bits per heavy atom. The van der Waals surface area contributed by atoms with Gasteiger partial charge in [0.2, 0.25) is 5.91 Å². The smallest absolute Gasteiger partial charge is 0.244 e. The molecule has 1 aliphatic carbocycles. The van der Waals surface area contributed by atoms with Gasteiger partial charge in [-0.2, -0.15) is 0 Å². The number of methoxy groups -OCH3 is 2. The Balaban J connectivity index is 1.88. The summed E-state index contributed by atoms with van der Waals surface area (Å²) in [6, 6.07) is 7.93. The molecule has 1 amide bonds. The van der Waals surface area contributed by atoms with Crippen molar-refractivity contribution in [3.63, 3.8) is 0 Å². The fraction of sp³-hybridized carbons (Fsp3) is 0.562. The van der Waals surface area contributed by atoms with Crippen LogP contribution >= 0.6 is 0 Å². The first kappa shape index (κ1) is 14.4. The SMILES string of the molecule is COCC(C)N1C(=O)C2(CC2)NC1c1ccc(OC)cc1. The van der Waals surface area contributed by atoms with Gasteiger partial charge in [0.25, 0.3) is 0 Å². The zero-order valence-electron chi connectivity index (χ0n) is 12.8. The van der Waals surface area contributed by atoms with Gasteiger partial charge in [0.05, 0.1) is 19.8 Å². The van der Waals surface area contributed by atoms with Gasteiger partial charge in [0.1, 0.15) is 17.5 Å². The largest absolute Gasteiger partial charge is 0.497 e. The number of nitrogens with zero attached hydrogens (tertiary/aromatic N) is 1. The molecule has 0 radical (unpaired) electrons. The molecule has 1 aromatic rings. The minimum Gasteiger partial charge on any atom is -0.497 e. The monoisotopic (exact) mass is 290 g/mol. The van der Waals surface area contributed by atoms with Crippen LogP contribution in [0.25, 0.3) is 0 Å². The Morgan fingerprint density at radius 3 is 2.52 bits per heavy atom. The van der Waals surface area contributed by atoms with E-state index < -0.39 is 0 Å². The molecule has 5 heteroatoms. The van der Waals surface area contributed by atoms with E-state index >= 15 is 0 Å². The van der Waals surface area contributed by atoms with Crippen molar-refractivity contribution in [1.29, 1.82) is 0 Å². The second kappa shape index (κ2) is 5.31. The van der Waals surface area contributed by atoms with Gasteiger partial charge in [-0.1, -0.05) is 12.1 Å². The average molecular weight is 290 g/mol. The number of hydrogen-bond acceptors (Lipinski definition) is 4. The number of carbonyl (C=O) groups is 1. The van der Waals surface area contributed by atoms with Gasteiger partial charge in [-0.3, -0.25) is 10.1 Å². The second-order valence-electron chi connectivity index (χ2n) is 5.92. The highest BCUT2D eigenvalue weighted by Gasteiger charge is 2.60. The Hall–Kier alpha value is -1.59. The topological polar surface area (TPSA) is 50.8 Å². The normalized spacial score (nSPS) is 24.4. The molecule has 114 valence electrons. The molecule has 2 fully saturated rings. The van der Waals surface area contributed by atoms with Crippen molar-refractivity contribution in [3.05, 3.63) is 29.8 Å². The molecule has 1 aromatic carbocycles. The number of amides is 1. The van der Waals surface area contributed by atoms with E-state index in [1.807, 2.05) is 36.1 Å². The van der Waals surface area contributed by atoms with Crippen molar-refractivity contribution in [3.8, 4) is 5.75 Å². The molecule has 5 nitrogen and oxygen atoms in total. The van der Waals surface area contributed by atoms with Gasteiger partial charge in [-0.15, -0.1) is 0 Å². The van der Waals surface area contributed by atoms with E-state index in [1.54, 1.807) is 14.2 Å². The maximum absolute atomic E-state index is 12.7. The van der Waals surface area contributed by atoms with Crippen LogP contribution in [0, 0.1) is 0 Å². The van der Waals surface area contributed by atoms with E-state index in [9.17, 15) is 4.79 Å². The fourth-order valence-electron chi connectivity index (χ4n) is 3.05. The molecule has 0 bridgehead atoms. The molecule has 1 saturated carbocycles. The molecule has 1 aliphatic heterocycles. The summed E-state index contributed by atoms with van der Waals surface area (Å²) in [6.07, 6.45) is 1.76. The van der Waals surface area contributed by atoms with E-state index in [-0.39, 0.29) is 23.7 Å². The highest BCUT2D eigenvalue weighted by molar-refractivity contribution is 5.92. The van der Waals surface area contributed by atoms with Crippen LogP contribution in [0.15, 0.2) is 24.3 Å². The zero-order valence-corrected chi connectivity index (χ0v) is 12.8.